The van der Waals surface area contributed by atoms with E-state index in [1.807, 2.05) is 49.4 Å². The van der Waals surface area contributed by atoms with Gasteiger partial charge in [0.05, 0.1) is 23.7 Å². The zero-order chi connectivity index (χ0) is 18.0. The van der Waals surface area contributed by atoms with Gasteiger partial charge in [0.1, 0.15) is 0 Å². The fourth-order valence-electron chi connectivity index (χ4n) is 3.39. The number of hydrogen-bond acceptors (Lipinski definition) is 3. The van der Waals surface area contributed by atoms with Crippen molar-refractivity contribution < 1.29 is 14.7 Å². The SMILES string of the molecule is CCc1ccccc1NN1C(=O)C(CC(=O)O)c2cccc(CC)c21. The summed E-state index contributed by atoms with van der Waals surface area (Å²) in [6.07, 6.45) is 1.41. The Morgan fingerprint density at radius 3 is 2.44 bits per heavy atom. The summed E-state index contributed by atoms with van der Waals surface area (Å²) in [6.45, 7) is 4.09. The van der Waals surface area contributed by atoms with Gasteiger partial charge < -0.3 is 5.11 Å². The molecule has 25 heavy (non-hydrogen) atoms. The van der Waals surface area contributed by atoms with Crippen molar-refractivity contribution in [1.29, 1.82) is 0 Å². The summed E-state index contributed by atoms with van der Waals surface area (Å²) in [5, 5.41) is 10.7. The molecular weight excluding hydrogens is 316 g/mol. The monoisotopic (exact) mass is 338 g/mol. The number of nitrogens with one attached hydrogen (secondary N) is 1. The molecular formula is C20H22N2O3. The third-order valence-electron chi connectivity index (χ3n) is 4.66. The van der Waals surface area contributed by atoms with E-state index in [0.717, 1.165) is 40.9 Å². The van der Waals surface area contributed by atoms with Crippen molar-refractivity contribution in [2.24, 2.45) is 0 Å². The van der Waals surface area contributed by atoms with Crippen molar-refractivity contribution in [3.63, 3.8) is 0 Å². The second-order valence-electron chi connectivity index (χ2n) is 6.16. The number of nitrogens with zero attached hydrogens (tertiary/aromatic N) is 1. The topological polar surface area (TPSA) is 69.6 Å². The quantitative estimate of drug-likeness (QED) is 0.842. The van der Waals surface area contributed by atoms with Gasteiger partial charge in [-0.1, -0.05) is 50.2 Å². The molecule has 1 atom stereocenters. The van der Waals surface area contributed by atoms with Crippen LogP contribution in [0.3, 0.4) is 0 Å². The highest BCUT2D eigenvalue weighted by atomic mass is 16.4. The molecule has 0 aliphatic carbocycles. The van der Waals surface area contributed by atoms with Crippen LogP contribution < -0.4 is 10.4 Å². The summed E-state index contributed by atoms with van der Waals surface area (Å²) in [7, 11) is 0. The number of carboxylic acid groups (broad SMARTS) is 1. The number of aliphatic carboxylic acids is 1. The van der Waals surface area contributed by atoms with Gasteiger partial charge in [0.15, 0.2) is 0 Å². The van der Waals surface area contributed by atoms with E-state index in [-0.39, 0.29) is 12.3 Å². The summed E-state index contributed by atoms with van der Waals surface area (Å²) < 4.78 is 0. The summed E-state index contributed by atoms with van der Waals surface area (Å²) in [5.74, 6) is -1.84. The second-order valence-corrected chi connectivity index (χ2v) is 6.16. The van der Waals surface area contributed by atoms with E-state index in [4.69, 9.17) is 0 Å². The van der Waals surface area contributed by atoms with Gasteiger partial charge in [0.2, 0.25) is 0 Å². The van der Waals surface area contributed by atoms with Gasteiger partial charge >= 0.3 is 5.97 Å². The van der Waals surface area contributed by atoms with E-state index in [1.54, 1.807) is 0 Å². The number of hydrogen-bond donors (Lipinski definition) is 2. The lowest BCUT2D eigenvalue weighted by molar-refractivity contribution is -0.139. The first kappa shape index (κ1) is 17.0. The molecule has 0 saturated heterocycles. The zero-order valence-corrected chi connectivity index (χ0v) is 14.5. The molecule has 0 spiro atoms. The normalized spacial score (nSPS) is 16.0. The van der Waals surface area contributed by atoms with Crippen LogP contribution in [0.5, 0.6) is 0 Å². The molecule has 1 aliphatic rings. The summed E-state index contributed by atoms with van der Waals surface area (Å²) in [5.41, 5.74) is 7.82. The third kappa shape index (κ3) is 3.09. The minimum Gasteiger partial charge on any atom is -0.481 e. The van der Waals surface area contributed by atoms with Crippen molar-refractivity contribution in [2.75, 3.05) is 10.4 Å². The van der Waals surface area contributed by atoms with Gasteiger partial charge in [0.25, 0.3) is 5.91 Å². The number of hydrazine groups is 1. The summed E-state index contributed by atoms with van der Waals surface area (Å²) >= 11 is 0. The molecule has 2 aromatic carbocycles. The number of anilines is 2. The standard InChI is InChI=1S/C20H22N2O3/c1-3-13-8-5-6-11-17(13)21-22-19-14(4-2)9-7-10-15(19)16(20(22)25)12-18(23)24/h5-11,16,21H,3-4,12H2,1-2H3,(H,23,24). The minimum absolute atomic E-state index is 0.202. The lowest BCUT2D eigenvalue weighted by Crippen LogP contribution is -2.35. The molecule has 1 heterocycles. The number of aryl methyl sites for hydroxylation is 2. The van der Waals surface area contributed by atoms with Gasteiger partial charge in [0, 0.05) is 0 Å². The van der Waals surface area contributed by atoms with Gasteiger partial charge in [-0.25, -0.2) is 5.01 Å². The molecule has 130 valence electrons. The molecule has 0 aromatic heterocycles. The van der Waals surface area contributed by atoms with Crippen molar-refractivity contribution in [2.45, 2.75) is 39.0 Å². The molecule has 5 nitrogen and oxygen atoms in total. The van der Waals surface area contributed by atoms with Crippen LogP contribution in [0.1, 0.15) is 42.9 Å². The van der Waals surface area contributed by atoms with Gasteiger partial charge in [-0.2, -0.15) is 0 Å². The molecule has 0 bridgehead atoms. The van der Waals surface area contributed by atoms with Gasteiger partial charge in [-0.3, -0.25) is 15.0 Å². The van der Waals surface area contributed by atoms with Crippen molar-refractivity contribution in [1.82, 2.24) is 0 Å². The maximum atomic E-state index is 13.0. The Balaban J connectivity index is 2.05. The van der Waals surface area contributed by atoms with E-state index in [2.05, 4.69) is 12.3 Å². The van der Waals surface area contributed by atoms with Crippen LogP contribution in [0.2, 0.25) is 0 Å². The first-order valence-corrected chi connectivity index (χ1v) is 8.58. The predicted octanol–water partition coefficient (Wildman–Crippen LogP) is 3.74. The molecule has 1 unspecified atom stereocenters. The predicted molar refractivity (Wildman–Crippen MR) is 97.7 cm³/mol. The highest BCUT2D eigenvalue weighted by Gasteiger charge is 2.40. The fraction of sp³-hybridized carbons (Fsp3) is 0.300. The first-order chi connectivity index (χ1) is 12.1. The largest absolute Gasteiger partial charge is 0.481 e. The Morgan fingerprint density at radius 2 is 1.76 bits per heavy atom. The lowest BCUT2D eigenvalue weighted by atomic mass is 9.95. The fourth-order valence-corrected chi connectivity index (χ4v) is 3.39. The van der Waals surface area contributed by atoms with Crippen LogP contribution in [0.15, 0.2) is 42.5 Å². The molecule has 0 fully saturated rings. The molecule has 0 radical (unpaired) electrons. The molecule has 3 rings (SSSR count). The molecule has 5 heteroatoms. The average molecular weight is 338 g/mol. The average Bonchev–Trinajstić information content (AvgIpc) is 2.87. The number of benzene rings is 2. The van der Waals surface area contributed by atoms with Crippen LogP contribution in [0.4, 0.5) is 11.4 Å². The van der Waals surface area contributed by atoms with E-state index in [0.29, 0.717) is 0 Å². The number of rotatable bonds is 6. The number of amides is 1. The van der Waals surface area contributed by atoms with E-state index in [9.17, 15) is 14.7 Å². The number of fused-ring (bicyclic) bond motifs is 1. The molecule has 1 amide bonds. The van der Waals surface area contributed by atoms with Gasteiger partial charge in [-0.05, 0) is 35.6 Å². The van der Waals surface area contributed by atoms with Crippen LogP contribution >= 0.6 is 0 Å². The Kier molecular flexibility index (Phi) is 4.74. The number of carbonyl (C=O) groups is 2. The highest BCUT2D eigenvalue weighted by Crippen LogP contribution is 2.42. The van der Waals surface area contributed by atoms with Crippen molar-refractivity contribution in [3.05, 3.63) is 59.2 Å². The summed E-state index contributed by atoms with van der Waals surface area (Å²) in [6, 6.07) is 13.6. The van der Waals surface area contributed by atoms with Crippen LogP contribution in [-0.2, 0) is 22.4 Å². The molecule has 0 saturated carbocycles. The Bertz CT molecular complexity index is 816. The van der Waals surface area contributed by atoms with E-state index in [1.165, 1.54) is 5.01 Å². The number of para-hydroxylation sites is 2. The Labute approximate surface area is 147 Å². The molecule has 2 N–H and O–H groups in total. The zero-order valence-electron chi connectivity index (χ0n) is 14.5. The first-order valence-electron chi connectivity index (χ1n) is 8.58. The molecule has 1 aliphatic heterocycles. The Morgan fingerprint density at radius 1 is 1.08 bits per heavy atom. The van der Waals surface area contributed by atoms with Crippen molar-refractivity contribution >= 4 is 23.3 Å². The van der Waals surface area contributed by atoms with Crippen LogP contribution in [0.25, 0.3) is 0 Å². The van der Waals surface area contributed by atoms with Gasteiger partial charge in [-0.15, -0.1) is 0 Å². The maximum Gasteiger partial charge on any atom is 0.304 e. The smallest absolute Gasteiger partial charge is 0.304 e. The lowest BCUT2D eigenvalue weighted by Gasteiger charge is -2.23. The second kappa shape index (κ2) is 6.97. The highest BCUT2D eigenvalue weighted by molar-refractivity contribution is 6.08. The molecule has 2 aromatic rings. The summed E-state index contributed by atoms with van der Waals surface area (Å²) in [4.78, 5) is 24.2. The van der Waals surface area contributed by atoms with E-state index >= 15 is 0 Å². The Hall–Kier alpha value is -2.82. The number of carboxylic acids is 1. The van der Waals surface area contributed by atoms with Crippen LogP contribution in [-0.4, -0.2) is 17.0 Å². The van der Waals surface area contributed by atoms with Crippen LogP contribution in [0, 0.1) is 0 Å². The maximum absolute atomic E-state index is 13.0. The van der Waals surface area contributed by atoms with E-state index < -0.39 is 11.9 Å². The third-order valence-corrected chi connectivity index (χ3v) is 4.66. The number of carbonyl (C=O) groups excluding carboxylic acids is 1. The van der Waals surface area contributed by atoms with Crippen molar-refractivity contribution in [3.8, 4) is 0 Å². The minimum atomic E-state index is -0.970.